The fourth-order valence-corrected chi connectivity index (χ4v) is 5.68. The molecule has 4 rings (SSSR count). The fourth-order valence-electron chi connectivity index (χ4n) is 5.68. The highest BCUT2D eigenvalue weighted by Gasteiger charge is 2.67. The predicted molar refractivity (Wildman–Crippen MR) is 115 cm³/mol. The fraction of sp³-hybridized carbons (Fsp3) is 1.00. The Balaban J connectivity index is 1.21. The summed E-state index contributed by atoms with van der Waals surface area (Å²) in [6.07, 6.45) is 9.23. The number of rotatable bonds is 11. The molecule has 4 heteroatoms. The van der Waals surface area contributed by atoms with Gasteiger partial charge in [0.25, 0.3) is 0 Å². The van der Waals surface area contributed by atoms with Crippen LogP contribution in [0.3, 0.4) is 0 Å². The third kappa shape index (κ3) is 5.93. The molecule has 0 aromatic heterocycles. The first-order valence-corrected chi connectivity index (χ1v) is 11.5. The summed E-state index contributed by atoms with van der Waals surface area (Å²) in [6.45, 7) is 16.8. The molecule has 4 aliphatic rings. The molecule has 0 atom stereocenters. The molecule has 4 aliphatic carbocycles. The molecule has 0 amide bonds. The molecule has 0 saturated heterocycles. The van der Waals surface area contributed by atoms with Gasteiger partial charge in [0.2, 0.25) is 0 Å². The average molecular weight is 396 g/mol. The Morgan fingerprint density at radius 3 is 2.04 bits per heavy atom. The zero-order chi connectivity index (χ0) is 20.6. The van der Waals surface area contributed by atoms with E-state index in [0.29, 0.717) is 16.9 Å². The standard InChI is InChI=1S/C24H45NO3/c1-21(2,3)27-11-9-8-10-26-18-24-14-23(15-24,16-24)17-25(7)19-12-20(13-19)28-22(4,5)6/h19-20H,8-18H2,1-7H3. The van der Waals surface area contributed by atoms with Crippen LogP contribution >= 0.6 is 0 Å². The number of ether oxygens (including phenoxy) is 3. The van der Waals surface area contributed by atoms with E-state index in [9.17, 15) is 0 Å². The smallest absolute Gasteiger partial charge is 0.0612 e. The van der Waals surface area contributed by atoms with Gasteiger partial charge in [0.15, 0.2) is 0 Å². The van der Waals surface area contributed by atoms with Crippen LogP contribution in [0.2, 0.25) is 0 Å². The minimum Gasteiger partial charge on any atom is -0.381 e. The van der Waals surface area contributed by atoms with Gasteiger partial charge in [-0.2, -0.15) is 0 Å². The Labute approximate surface area is 173 Å². The average Bonchev–Trinajstić information content (AvgIpc) is 2.42. The maximum atomic E-state index is 6.10. The van der Waals surface area contributed by atoms with E-state index in [0.717, 1.165) is 38.7 Å². The molecule has 2 bridgehead atoms. The molecule has 4 fully saturated rings. The normalized spacial score (nSPS) is 34.7. The molecular weight excluding hydrogens is 350 g/mol. The molecule has 0 aromatic rings. The van der Waals surface area contributed by atoms with Gasteiger partial charge in [-0.1, -0.05) is 0 Å². The molecule has 164 valence electrons. The topological polar surface area (TPSA) is 30.9 Å². The van der Waals surface area contributed by atoms with Gasteiger partial charge in [-0.25, -0.2) is 0 Å². The maximum absolute atomic E-state index is 6.10. The highest BCUT2D eigenvalue weighted by atomic mass is 16.5. The molecule has 0 N–H and O–H groups in total. The first kappa shape index (κ1) is 22.5. The van der Waals surface area contributed by atoms with Gasteiger partial charge in [-0.3, -0.25) is 0 Å². The van der Waals surface area contributed by atoms with Crippen molar-refractivity contribution < 1.29 is 14.2 Å². The van der Waals surface area contributed by atoms with Gasteiger partial charge in [0.05, 0.1) is 23.9 Å². The molecule has 0 aliphatic heterocycles. The summed E-state index contributed by atoms with van der Waals surface area (Å²) in [4.78, 5) is 2.61. The van der Waals surface area contributed by atoms with Crippen LogP contribution in [0.4, 0.5) is 0 Å². The molecular formula is C24H45NO3. The van der Waals surface area contributed by atoms with Crippen LogP contribution in [0.25, 0.3) is 0 Å². The van der Waals surface area contributed by atoms with Crippen LogP contribution < -0.4 is 0 Å². The second-order valence-corrected chi connectivity index (χ2v) is 12.1. The van der Waals surface area contributed by atoms with E-state index in [2.05, 4.69) is 53.5 Å². The second-order valence-electron chi connectivity index (χ2n) is 12.1. The minimum absolute atomic E-state index is 0.00590. The number of hydrogen-bond acceptors (Lipinski definition) is 4. The van der Waals surface area contributed by atoms with E-state index in [1.807, 2.05) is 0 Å². The van der Waals surface area contributed by atoms with Gasteiger partial charge < -0.3 is 19.1 Å². The van der Waals surface area contributed by atoms with E-state index in [4.69, 9.17) is 14.2 Å². The van der Waals surface area contributed by atoms with Crippen molar-refractivity contribution in [2.75, 3.05) is 33.4 Å². The zero-order valence-electron chi connectivity index (χ0n) is 19.6. The van der Waals surface area contributed by atoms with Crippen molar-refractivity contribution >= 4 is 0 Å². The lowest BCUT2D eigenvalue weighted by molar-refractivity contribution is -0.242. The van der Waals surface area contributed by atoms with Crippen molar-refractivity contribution in [3.8, 4) is 0 Å². The van der Waals surface area contributed by atoms with Gasteiger partial charge >= 0.3 is 0 Å². The monoisotopic (exact) mass is 395 g/mol. The van der Waals surface area contributed by atoms with Crippen LogP contribution in [0.1, 0.15) is 86.5 Å². The first-order chi connectivity index (χ1) is 12.9. The van der Waals surface area contributed by atoms with Crippen LogP contribution in [0.15, 0.2) is 0 Å². The summed E-state index contributed by atoms with van der Waals surface area (Å²) >= 11 is 0. The predicted octanol–water partition coefficient (Wildman–Crippen LogP) is 5.05. The van der Waals surface area contributed by atoms with E-state index in [1.165, 1.54) is 38.6 Å². The third-order valence-corrected chi connectivity index (χ3v) is 6.67. The summed E-state index contributed by atoms with van der Waals surface area (Å²) < 4.78 is 17.9. The Morgan fingerprint density at radius 2 is 1.46 bits per heavy atom. The van der Waals surface area contributed by atoms with Crippen LogP contribution in [-0.2, 0) is 14.2 Å². The summed E-state index contributed by atoms with van der Waals surface area (Å²) in [7, 11) is 2.32. The summed E-state index contributed by atoms with van der Waals surface area (Å²) in [5.41, 5.74) is 1.11. The Bertz CT molecular complexity index is 493. The number of hydrogen-bond donors (Lipinski definition) is 0. The van der Waals surface area contributed by atoms with Gasteiger partial charge in [0.1, 0.15) is 0 Å². The van der Waals surface area contributed by atoms with Crippen molar-refractivity contribution in [1.29, 1.82) is 0 Å². The molecule has 0 heterocycles. The van der Waals surface area contributed by atoms with Crippen molar-refractivity contribution in [3.63, 3.8) is 0 Å². The molecule has 0 spiro atoms. The zero-order valence-corrected chi connectivity index (χ0v) is 19.6. The lowest BCUT2D eigenvalue weighted by Gasteiger charge is -2.72. The summed E-state index contributed by atoms with van der Waals surface area (Å²) in [5.74, 6) is 0. The molecule has 0 aromatic carbocycles. The van der Waals surface area contributed by atoms with Crippen LogP contribution in [-0.4, -0.2) is 61.7 Å². The second kappa shape index (κ2) is 8.17. The maximum Gasteiger partial charge on any atom is 0.0612 e. The quantitative estimate of drug-likeness (QED) is 0.458. The number of nitrogens with zero attached hydrogens (tertiary/aromatic N) is 1. The highest BCUT2D eigenvalue weighted by molar-refractivity contribution is 5.18. The highest BCUT2D eigenvalue weighted by Crippen LogP contribution is 2.73. The summed E-state index contributed by atoms with van der Waals surface area (Å²) in [6, 6.07) is 0.726. The lowest BCUT2D eigenvalue weighted by atomic mass is 9.35. The van der Waals surface area contributed by atoms with Crippen LogP contribution in [0.5, 0.6) is 0 Å². The van der Waals surface area contributed by atoms with Crippen molar-refractivity contribution in [1.82, 2.24) is 4.90 Å². The van der Waals surface area contributed by atoms with Gasteiger partial charge in [0, 0.05) is 25.8 Å². The first-order valence-electron chi connectivity index (χ1n) is 11.5. The van der Waals surface area contributed by atoms with E-state index in [1.54, 1.807) is 0 Å². The molecule has 0 unspecified atom stereocenters. The molecule has 4 nitrogen and oxygen atoms in total. The van der Waals surface area contributed by atoms with Crippen molar-refractivity contribution in [2.24, 2.45) is 10.8 Å². The largest absolute Gasteiger partial charge is 0.381 e. The van der Waals surface area contributed by atoms with Gasteiger partial charge in [-0.15, -0.1) is 0 Å². The SMILES string of the molecule is CN(CC12CC(COCCCCOC(C)(C)C)(C1)C2)C1CC(OC(C)(C)C)C1. The van der Waals surface area contributed by atoms with Crippen molar-refractivity contribution in [3.05, 3.63) is 0 Å². The molecule has 28 heavy (non-hydrogen) atoms. The third-order valence-electron chi connectivity index (χ3n) is 6.67. The molecule has 4 saturated carbocycles. The summed E-state index contributed by atoms with van der Waals surface area (Å²) in [5, 5.41) is 0. The van der Waals surface area contributed by atoms with Gasteiger partial charge in [-0.05, 0) is 104 Å². The Kier molecular flexibility index (Phi) is 6.57. The van der Waals surface area contributed by atoms with Crippen molar-refractivity contribution in [2.45, 2.75) is 110 Å². The minimum atomic E-state index is -0.0197. The van der Waals surface area contributed by atoms with E-state index < -0.39 is 0 Å². The lowest BCUT2D eigenvalue weighted by Crippen LogP contribution is -2.68. The van der Waals surface area contributed by atoms with E-state index in [-0.39, 0.29) is 11.2 Å². The van der Waals surface area contributed by atoms with Crippen LogP contribution in [0, 0.1) is 10.8 Å². The Hall–Kier alpha value is -0.160. The van der Waals surface area contributed by atoms with E-state index >= 15 is 0 Å². The number of unbranched alkanes of at least 4 members (excludes halogenated alkanes) is 1. The molecule has 0 radical (unpaired) electrons. The Morgan fingerprint density at radius 1 is 0.857 bits per heavy atom.